The number of Topliss-reactive ketones (excluding diaryl/α,β-unsaturated/α-hetero) is 1. The van der Waals surface area contributed by atoms with E-state index < -0.39 is 0 Å². The molecule has 0 aliphatic heterocycles. The summed E-state index contributed by atoms with van der Waals surface area (Å²) in [6, 6.07) is 12.2. The summed E-state index contributed by atoms with van der Waals surface area (Å²) in [5.41, 5.74) is 3.65. The zero-order valence-corrected chi connectivity index (χ0v) is 13.3. The van der Waals surface area contributed by atoms with Crippen molar-refractivity contribution in [2.45, 2.75) is 13.8 Å². The number of carbonyl (C=O) groups is 2. The van der Waals surface area contributed by atoms with E-state index in [1.165, 1.54) is 6.92 Å². The van der Waals surface area contributed by atoms with Gasteiger partial charge in [0.15, 0.2) is 5.78 Å². The Morgan fingerprint density at radius 3 is 2.35 bits per heavy atom. The van der Waals surface area contributed by atoms with Crippen molar-refractivity contribution in [2.75, 3.05) is 5.32 Å². The molecular formula is C18H17N3O2. The molecule has 0 aliphatic rings. The van der Waals surface area contributed by atoms with Gasteiger partial charge in [-0.1, -0.05) is 12.1 Å². The first-order valence-corrected chi connectivity index (χ1v) is 7.31. The van der Waals surface area contributed by atoms with Crippen molar-refractivity contribution < 1.29 is 9.59 Å². The Bertz CT molecular complexity index is 908. The average Bonchev–Trinajstić information content (AvgIpc) is 2.81. The van der Waals surface area contributed by atoms with Crippen LogP contribution in [-0.4, -0.2) is 21.2 Å². The summed E-state index contributed by atoms with van der Waals surface area (Å²) in [6.07, 6.45) is 0. The summed E-state index contributed by atoms with van der Waals surface area (Å²) < 4.78 is 2.00. The fraction of sp³-hybridized carbons (Fsp3) is 0.167. The highest BCUT2D eigenvalue weighted by atomic mass is 16.1. The summed E-state index contributed by atoms with van der Waals surface area (Å²) in [7, 11) is 1.96. The van der Waals surface area contributed by atoms with Gasteiger partial charge in [0.2, 0.25) is 0 Å². The Morgan fingerprint density at radius 1 is 1.04 bits per heavy atom. The van der Waals surface area contributed by atoms with Gasteiger partial charge in [-0.2, -0.15) is 0 Å². The number of benzene rings is 2. The number of nitrogens with one attached hydrogen (secondary N) is 1. The minimum absolute atomic E-state index is 0.0204. The molecule has 0 unspecified atom stereocenters. The molecule has 3 rings (SSSR count). The molecule has 1 aromatic heterocycles. The van der Waals surface area contributed by atoms with Gasteiger partial charge in [-0.25, -0.2) is 4.98 Å². The van der Waals surface area contributed by atoms with Crippen molar-refractivity contribution in [3.05, 3.63) is 59.4 Å². The van der Waals surface area contributed by atoms with E-state index >= 15 is 0 Å². The van der Waals surface area contributed by atoms with Crippen LogP contribution >= 0.6 is 0 Å². The summed E-state index contributed by atoms with van der Waals surface area (Å²) in [6.45, 7) is 3.44. The number of rotatable bonds is 3. The number of carbonyl (C=O) groups excluding carboxylic acids is 2. The van der Waals surface area contributed by atoms with E-state index in [0.717, 1.165) is 16.9 Å². The van der Waals surface area contributed by atoms with E-state index in [2.05, 4.69) is 10.3 Å². The van der Waals surface area contributed by atoms with Crippen molar-refractivity contribution >= 4 is 28.4 Å². The maximum Gasteiger partial charge on any atom is 0.255 e. The molecule has 5 heteroatoms. The molecule has 23 heavy (non-hydrogen) atoms. The monoisotopic (exact) mass is 307 g/mol. The SMILES string of the molecule is CC(=O)c1ccc(C(=O)Nc2ccc3c(c2)nc(C)n3C)cc1. The first kappa shape index (κ1) is 15.0. The molecule has 0 saturated carbocycles. The van der Waals surface area contributed by atoms with Crippen molar-refractivity contribution in [1.82, 2.24) is 9.55 Å². The normalized spacial score (nSPS) is 10.7. The number of ketones is 1. The van der Waals surface area contributed by atoms with Gasteiger partial charge in [-0.15, -0.1) is 0 Å². The number of anilines is 1. The molecule has 0 bridgehead atoms. The molecule has 0 saturated heterocycles. The van der Waals surface area contributed by atoms with E-state index in [0.29, 0.717) is 16.8 Å². The maximum absolute atomic E-state index is 12.3. The van der Waals surface area contributed by atoms with Crippen LogP contribution in [0.4, 0.5) is 5.69 Å². The summed E-state index contributed by atoms with van der Waals surface area (Å²) in [5.74, 6) is 0.684. The molecule has 0 fully saturated rings. The van der Waals surface area contributed by atoms with Crippen LogP contribution in [0.25, 0.3) is 11.0 Å². The molecule has 0 radical (unpaired) electrons. The Balaban J connectivity index is 1.83. The molecule has 0 spiro atoms. The lowest BCUT2D eigenvalue weighted by molar-refractivity contribution is 0.101. The first-order chi connectivity index (χ1) is 11.0. The minimum atomic E-state index is -0.216. The van der Waals surface area contributed by atoms with Crippen molar-refractivity contribution in [3.63, 3.8) is 0 Å². The van der Waals surface area contributed by atoms with Gasteiger partial charge in [0.1, 0.15) is 5.82 Å². The smallest absolute Gasteiger partial charge is 0.255 e. The topological polar surface area (TPSA) is 64.0 Å². The van der Waals surface area contributed by atoms with Gasteiger partial charge < -0.3 is 9.88 Å². The maximum atomic E-state index is 12.3. The highest BCUT2D eigenvalue weighted by Gasteiger charge is 2.09. The zero-order valence-electron chi connectivity index (χ0n) is 13.3. The second-order valence-corrected chi connectivity index (χ2v) is 5.51. The predicted molar refractivity (Wildman–Crippen MR) is 89.9 cm³/mol. The molecule has 2 aromatic carbocycles. The Kier molecular flexibility index (Phi) is 3.70. The van der Waals surface area contributed by atoms with Crippen LogP contribution < -0.4 is 5.32 Å². The van der Waals surface area contributed by atoms with Gasteiger partial charge in [0.05, 0.1) is 11.0 Å². The van der Waals surface area contributed by atoms with E-state index in [4.69, 9.17) is 0 Å². The fourth-order valence-corrected chi connectivity index (χ4v) is 2.46. The average molecular weight is 307 g/mol. The summed E-state index contributed by atoms with van der Waals surface area (Å²) in [4.78, 5) is 28.0. The molecule has 3 aromatic rings. The number of nitrogens with zero attached hydrogens (tertiary/aromatic N) is 2. The number of amides is 1. The van der Waals surface area contributed by atoms with Crippen molar-refractivity contribution in [2.24, 2.45) is 7.05 Å². The molecule has 1 heterocycles. The third kappa shape index (κ3) is 2.85. The van der Waals surface area contributed by atoms with Crippen LogP contribution in [0.5, 0.6) is 0 Å². The molecule has 0 atom stereocenters. The van der Waals surface area contributed by atoms with Crippen LogP contribution in [0.2, 0.25) is 0 Å². The minimum Gasteiger partial charge on any atom is -0.331 e. The van der Waals surface area contributed by atoms with Crippen LogP contribution in [-0.2, 0) is 7.05 Å². The van der Waals surface area contributed by atoms with Crippen LogP contribution in [0.15, 0.2) is 42.5 Å². The number of hydrogen-bond donors (Lipinski definition) is 1. The van der Waals surface area contributed by atoms with Gasteiger partial charge in [0.25, 0.3) is 5.91 Å². The predicted octanol–water partition coefficient (Wildman–Crippen LogP) is 3.34. The summed E-state index contributed by atoms with van der Waals surface area (Å²) in [5, 5.41) is 2.85. The second kappa shape index (κ2) is 5.68. The molecular weight excluding hydrogens is 290 g/mol. The fourth-order valence-electron chi connectivity index (χ4n) is 2.46. The third-order valence-electron chi connectivity index (χ3n) is 3.92. The highest BCUT2D eigenvalue weighted by molar-refractivity contribution is 6.05. The molecule has 0 aliphatic carbocycles. The number of aromatic nitrogens is 2. The van der Waals surface area contributed by atoms with Crippen LogP contribution in [0.1, 0.15) is 33.5 Å². The largest absolute Gasteiger partial charge is 0.331 e. The number of fused-ring (bicyclic) bond motifs is 1. The summed E-state index contributed by atoms with van der Waals surface area (Å²) >= 11 is 0. The van der Waals surface area contributed by atoms with Gasteiger partial charge >= 0.3 is 0 Å². The lowest BCUT2D eigenvalue weighted by atomic mass is 10.1. The highest BCUT2D eigenvalue weighted by Crippen LogP contribution is 2.20. The first-order valence-electron chi connectivity index (χ1n) is 7.31. The lowest BCUT2D eigenvalue weighted by Crippen LogP contribution is -2.12. The van der Waals surface area contributed by atoms with Crippen LogP contribution in [0, 0.1) is 6.92 Å². The molecule has 1 amide bonds. The van der Waals surface area contributed by atoms with Crippen molar-refractivity contribution in [3.8, 4) is 0 Å². The molecule has 5 nitrogen and oxygen atoms in total. The van der Waals surface area contributed by atoms with E-state index in [-0.39, 0.29) is 11.7 Å². The standard InChI is InChI=1S/C18H17N3O2/c1-11(22)13-4-6-14(7-5-13)18(23)20-15-8-9-17-16(10-15)19-12(2)21(17)3/h4-10H,1-3H3,(H,20,23). The number of aryl methyl sites for hydroxylation is 2. The Labute approximate surface area is 134 Å². The van der Waals surface area contributed by atoms with Crippen molar-refractivity contribution in [1.29, 1.82) is 0 Å². The molecule has 116 valence electrons. The van der Waals surface area contributed by atoms with Gasteiger partial charge in [0, 0.05) is 23.9 Å². The van der Waals surface area contributed by atoms with Crippen LogP contribution in [0.3, 0.4) is 0 Å². The van der Waals surface area contributed by atoms with E-state index in [1.807, 2.05) is 36.7 Å². The lowest BCUT2D eigenvalue weighted by Gasteiger charge is -2.06. The van der Waals surface area contributed by atoms with Gasteiger partial charge in [-0.3, -0.25) is 9.59 Å². The third-order valence-corrected chi connectivity index (χ3v) is 3.92. The van der Waals surface area contributed by atoms with Gasteiger partial charge in [-0.05, 0) is 44.2 Å². The Hall–Kier alpha value is -2.95. The number of hydrogen-bond acceptors (Lipinski definition) is 3. The second-order valence-electron chi connectivity index (χ2n) is 5.51. The van der Waals surface area contributed by atoms with E-state index in [9.17, 15) is 9.59 Å². The quantitative estimate of drug-likeness (QED) is 0.755. The zero-order chi connectivity index (χ0) is 16.6. The Morgan fingerprint density at radius 2 is 1.70 bits per heavy atom. The van der Waals surface area contributed by atoms with E-state index in [1.54, 1.807) is 24.3 Å². The molecule has 1 N–H and O–H groups in total. The number of imidazole rings is 1.